The van der Waals surface area contributed by atoms with E-state index in [-0.39, 0.29) is 6.61 Å². The average Bonchev–Trinajstić information content (AvgIpc) is 2.49. The first kappa shape index (κ1) is 15.1. The highest BCUT2D eigenvalue weighted by atomic mass is 16.5. The summed E-state index contributed by atoms with van der Waals surface area (Å²) in [6, 6.07) is 6.51. The molecule has 1 N–H and O–H groups in total. The first-order valence-electron chi connectivity index (χ1n) is 7.33. The minimum Gasteiger partial charge on any atom is -0.497 e. The third-order valence-electron chi connectivity index (χ3n) is 4.01. The monoisotopic (exact) mass is 279 g/mol. The Hall–Kier alpha value is -1.26. The first-order chi connectivity index (χ1) is 9.76. The van der Waals surface area contributed by atoms with E-state index in [0.29, 0.717) is 6.04 Å². The highest BCUT2D eigenvalue weighted by molar-refractivity contribution is 5.38. The fourth-order valence-corrected chi connectivity index (χ4v) is 2.94. The topological polar surface area (TPSA) is 41.9 Å². The SMILES string of the molecule is COc1cc(CN2CCCCC2CCO)cc(OC)c1. The van der Waals surface area contributed by atoms with Crippen molar-refractivity contribution in [3.05, 3.63) is 23.8 Å². The zero-order valence-corrected chi connectivity index (χ0v) is 12.5. The van der Waals surface area contributed by atoms with Crippen LogP contribution in [0, 0.1) is 0 Å². The molecule has 0 amide bonds. The van der Waals surface area contributed by atoms with E-state index in [2.05, 4.69) is 17.0 Å². The van der Waals surface area contributed by atoms with Crippen LogP contribution in [-0.2, 0) is 6.54 Å². The number of methoxy groups -OCH3 is 2. The average molecular weight is 279 g/mol. The van der Waals surface area contributed by atoms with Gasteiger partial charge in [0.1, 0.15) is 11.5 Å². The molecule has 1 unspecified atom stereocenters. The van der Waals surface area contributed by atoms with Gasteiger partial charge in [-0.2, -0.15) is 0 Å². The van der Waals surface area contributed by atoms with Crippen molar-refractivity contribution in [3.63, 3.8) is 0 Å². The van der Waals surface area contributed by atoms with Gasteiger partial charge in [0.2, 0.25) is 0 Å². The van der Waals surface area contributed by atoms with Gasteiger partial charge in [-0.25, -0.2) is 0 Å². The predicted octanol–water partition coefficient (Wildman–Crippen LogP) is 2.44. The first-order valence-corrected chi connectivity index (χ1v) is 7.33. The van der Waals surface area contributed by atoms with Gasteiger partial charge in [0.15, 0.2) is 0 Å². The Bertz CT molecular complexity index is 398. The van der Waals surface area contributed by atoms with Crippen LogP contribution in [0.15, 0.2) is 18.2 Å². The van der Waals surface area contributed by atoms with Crippen molar-refractivity contribution in [2.45, 2.75) is 38.3 Å². The predicted molar refractivity (Wildman–Crippen MR) is 79.3 cm³/mol. The summed E-state index contributed by atoms with van der Waals surface area (Å²) in [6.45, 7) is 2.25. The lowest BCUT2D eigenvalue weighted by molar-refractivity contribution is 0.112. The molecule has 1 aliphatic rings. The second-order valence-electron chi connectivity index (χ2n) is 5.35. The maximum Gasteiger partial charge on any atom is 0.122 e. The fraction of sp³-hybridized carbons (Fsp3) is 0.625. The Morgan fingerprint density at radius 3 is 2.45 bits per heavy atom. The van der Waals surface area contributed by atoms with Crippen molar-refractivity contribution in [1.82, 2.24) is 4.90 Å². The van der Waals surface area contributed by atoms with E-state index < -0.39 is 0 Å². The van der Waals surface area contributed by atoms with Crippen LogP contribution in [0.4, 0.5) is 0 Å². The van der Waals surface area contributed by atoms with Gasteiger partial charge in [-0.3, -0.25) is 4.90 Å². The number of piperidine rings is 1. The molecule has 20 heavy (non-hydrogen) atoms. The third-order valence-corrected chi connectivity index (χ3v) is 4.01. The molecule has 1 aromatic rings. The molecule has 0 aromatic heterocycles. The lowest BCUT2D eigenvalue weighted by atomic mass is 9.98. The highest BCUT2D eigenvalue weighted by Gasteiger charge is 2.22. The van der Waals surface area contributed by atoms with E-state index in [9.17, 15) is 5.11 Å². The quantitative estimate of drug-likeness (QED) is 0.868. The van der Waals surface area contributed by atoms with Crippen LogP contribution < -0.4 is 9.47 Å². The highest BCUT2D eigenvalue weighted by Crippen LogP contribution is 2.26. The summed E-state index contributed by atoms with van der Waals surface area (Å²) in [5.41, 5.74) is 1.20. The van der Waals surface area contributed by atoms with Gasteiger partial charge in [-0.15, -0.1) is 0 Å². The molecule has 112 valence electrons. The van der Waals surface area contributed by atoms with Crippen molar-refractivity contribution in [3.8, 4) is 11.5 Å². The van der Waals surface area contributed by atoms with Crippen molar-refractivity contribution in [1.29, 1.82) is 0 Å². The van der Waals surface area contributed by atoms with Gasteiger partial charge >= 0.3 is 0 Å². The summed E-state index contributed by atoms with van der Waals surface area (Å²) in [6.07, 6.45) is 4.55. The number of likely N-dealkylation sites (tertiary alicyclic amines) is 1. The molecule has 1 heterocycles. The van der Waals surface area contributed by atoms with Crippen molar-refractivity contribution >= 4 is 0 Å². The van der Waals surface area contributed by atoms with Crippen molar-refractivity contribution in [2.24, 2.45) is 0 Å². The number of ether oxygens (including phenoxy) is 2. The number of aliphatic hydroxyl groups is 1. The molecule has 2 rings (SSSR count). The number of aliphatic hydroxyl groups excluding tert-OH is 1. The summed E-state index contributed by atoms with van der Waals surface area (Å²) in [5.74, 6) is 1.66. The molecule has 1 aliphatic heterocycles. The second-order valence-corrected chi connectivity index (χ2v) is 5.35. The van der Waals surface area contributed by atoms with Crippen LogP contribution in [0.5, 0.6) is 11.5 Å². The fourth-order valence-electron chi connectivity index (χ4n) is 2.94. The molecule has 0 bridgehead atoms. The standard InChI is InChI=1S/C16H25NO3/c1-19-15-9-13(10-16(11-15)20-2)12-17-7-4-3-5-14(17)6-8-18/h9-11,14,18H,3-8,12H2,1-2H3. The summed E-state index contributed by atoms with van der Waals surface area (Å²) in [7, 11) is 3.35. The normalized spacial score (nSPS) is 19.9. The van der Waals surface area contributed by atoms with Crippen LogP contribution in [-0.4, -0.2) is 43.4 Å². The van der Waals surface area contributed by atoms with E-state index >= 15 is 0 Å². The van der Waals surface area contributed by atoms with Crippen LogP contribution >= 0.6 is 0 Å². The molecular weight excluding hydrogens is 254 g/mol. The molecule has 4 heteroatoms. The number of hydrogen-bond acceptors (Lipinski definition) is 4. The van der Waals surface area contributed by atoms with Gasteiger partial charge in [-0.05, 0) is 43.5 Å². The Morgan fingerprint density at radius 1 is 1.15 bits per heavy atom. The van der Waals surface area contributed by atoms with E-state index in [1.54, 1.807) is 14.2 Å². The molecule has 1 aromatic carbocycles. The Balaban J connectivity index is 2.10. The van der Waals surface area contributed by atoms with Crippen molar-refractivity contribution < 1.29 is 14.6 Å². The zero-order chi connectivity index (χ0) is 14.4. The molecule has 1 saturated heterocycles. The van der Waals surface area contributed by atoms with Crippen molar-refractivity contribution in [2.75, 3.05) is 27.4 Å². The smallest absolute Gasteiger partial charge is 0.122 e. The van der Waals surface area contributed by atoms with Gasteiger partial charge in [0.05, 0.1) is 14.2 Å². The Morgan fingerprint density at radius 2 is 1.85 bits per heavy atom. The molecule has 0 aliphatic carbocycles. The van der Waals surface area contributed by atoms with E-state index in [0.717, 1.165) is 31.0 Å². The zero-order valence-electron chi connectivity index (χ0n) is 12.5. The molecule has 4 nitrogen and oxygen atoms in total. The summed E-state index contributed by atoms with van der Waals surface area (Å²) < 4.78 is 10.6. The molecule has 1 fully saturated rings. The maximum atomic E-state index is 9.20. The van der Waals surface area contributed by atoms with Crippen LogP contribution in [0.2, 0.25) is 0 Å². The largest absolute Gasteiger partial charge is 0.497 e. The van der Waals surface area contributed by atoms with Gasteiger partial charge < -0.3 is 14.6 Å². The summed E-state index contributed by atoms with van der Waals surface area (Å²) in [4.78, 5) is 2.47. The van der Waals surface area contributed by atoms with Crippen LogP contribution in [0.1, 0.15) is 31.2 Å². The minimum absolute atomic E-state index is 0.266. The molecule has 1 atom stereocenters. The molecule has 0 saturated carbocycles. The number of benzene rings is 1. The number of hydrogen-bond donors (Lipinski definition) is 1. The van der Waals surface area contributed by atoms with Gasteiger partial charge in [-0.1, -0.05) is 6.42 Å². The lowest BCUT2D eigenvalue weighted by Crippen LogP contribution is -2.39. The van der Waals surface area contributed by atoms with Gasteiger partial charge in [0, 0.05) is 25.3 Å². The molecule has 0 radical (unpaired) electrons. The molecule has 0 spiro atoms. The number of rotatable bonds is 6. The minimum atomic E-state index is 0.266. The Labute approximate surface area is 121 Å². The second kappa shape index (κ2) is 7.50. The maximum absolute atomic E-state index is 9.20. The molecular formula is C16H25NO3. The van der Waals surface area contributed by atoms with Crippen LogP contribution in [0.25, 0.3) is 0 Å². The van der Waals surface area contributed by atoms with Crippen LogP contribution in [0.3, 0.4) is 0 Å². The van der Waals surface area contributed by atoms with Gasteiger partial charge in [0.25, 0.3) is 0 Å². The van der Waals surface area contributed by atoms with E-state index in [1.807, 2.05) is 6.07 Å². The Kier molecular flexibility index (Phi) is 5.68. The van der Waals surface area contributed by atoms with E-state index in [1.165, 1.54) is 24.8 Å². The van der Waals surface area contributed by atoms with E-state index in [4.69, 9.17) is 9.47 Å². The lowest BCUT2D eigenvalue weighted by Gasteiger charge is -2.35. The third kappa shape index (κ3) is 3.87. The summed E-state index contributed by atoms with van der Waals surface area (Å²) in [5, 5.41) is 9.20. The summed E-state index contributed by atoms with van der Waals surface area (Å²) >= 11 is 0. The number of nitrogens with zero attached hydrogens (tertiary/aromatic N) is 1.